The lowest BCUT2D eigenvalue weighted by Gasteiger charge is -2.13. The van der Waals surface area contributed by atoms with Gasteiger partial charge in [-0.1, -0.05) is 36.7 Å². The van der Waals surface area contributed by atoms with Crippen molar-refractivity contribution in [2.24, 2.45) is 0 Å². The number of aryl methyl sites for hydroxylation is 2. The van der Waals surface area contributed by atoms with E-state index in [2.05, 4.69) is 15.0 Å². The van der Waals surface area contributed by atoms with Gasteiger partial charge in [-0.2, -0.15) is 4.39 Å². The topological polar surface area (TPSA) is 72.8 Å². The number of aromatic nitrogens is 3. The smallest absolute Gasteiger partial charge is 0.256 e. The van der Waals surface area contributed by atoms with Crippen LogP contribution >= 0.6 is 11.6 Å². The summed E-state index contributed by atoms with van der Waals surface area (Å²) in [5, 5.41) is 0.647. The van der Waals surface area contributed by atoms with E-state index in [-0.39, 0.29) is 32.3 Å². The van der Waals surface area contributed by atoms with Crippen molar-refractivity contribution in [3.05, 3.63) is 82.5 Å². The van der Waals surface area contributed by atoms with Gasteiger partial charge in [-0.15, -0.1) is 0 Å². The van der Waals surface area contributed by atoms with Crippen LogP contribution in [-0.4, -0.2) is 23.4 Å². The highest BCUT2D eigenvalue weighted by atomic mass is 35.5. The van der Waals surface area contributed by atoms with E-state index in [1.165, 1.54) is 18.3 Å². The quantitative estimate of drug-likeness (QED) is 0.359. The van der Waals surface area contributed by atoms with E-state index < -0.39 is 21.7 Å². The van der Waals surface area contributed by atoms with Gasteiger partial charge in [0.15, 0.2) is 9.84 Å². The zero-order valence-corrected chi connectivity index (χ0v) is 18.8. The molecule has 0 aliphatic carbocycles. The van der Waals surface area contributed by atoms with Crippen LogP contribution in [0.2, 0.25) is 5.02 Å². The zero-order valence-electron chi connectivity index (χ0n) is 17.2. The lowest BCUT2D eigenvalue weighted by Crippen LogP contribution is -2.08. The zero-order chi connectivity index (χ0) is 23.0. The summed E-state index contributed by atoms with van der Waals surface area (Å²) in [7, 11) is -3.71. The summed E-state index contributed by atoms with van der Waals surface area (Å²) < 4.78 is 54.3. The van der Waals surface area contributed by atoms with Gasteiger partial charge in [-0.05, 0) is 37.6 Å². The van der Waals surface area contributed by atoms with E-state index in [0.29, 0.717) is 28.8 Å². The summed E-state index contributed by atoms with van der Waals surface area (Å²) in [6.45, 7) is 3.44. The molecule has 0 amide bonds. The van der Waals surface area contributed by atoms with Gasteiger partial charge in [0.25, 0.3) is 0 Å². The second-order valence-electron chi connectivity index (χ2n) is 7.27. The van der Waals surface area contributed by atoms with E-state index in [0.717, 1.165) is 0 Å². The average molecular weight is 474 g/mol. The first-order valence-corrected chi connectivity index (χ1v) is 11.8. The first-order chi connectivity index (χ1) is 15.2. The number of hydrogen-bond donors (Lipinski definition) is 0. The van der Waals surface area contributed by atoms with E-state index in [1.54, 1.807) is 44.2 Å². The van der Waals surface area contributed by atoms with E-state index >= 15 is 4.39 Å². The second kappa shape index (κ2) is 8.52. The number of fused-ring (bicyclic) bond motifs is 1. The molecule has 2 aromatic carbocycles. The molecule has 0 bridgehead atoms. The Balaban J connectivity index is 1.76. The van der Waals surface area contributed by atoms with Crippen LogP contribution in [0, 0.1) is 18.8 Å². The number of sulfone groups is 1. The molecule has 5 nitrogen and oxygen atoms in total. The Hall–Kier alpha value is -2.97. The minimum atomic E-state index is -3.71. The molecule has 2 heterocycles. The molecule has 0 saturated carbocycles. The molecule has 164 valence electrons. The summed E-state index contributed by atoms with van der Waals surface area (Å²) in [6, 6.07) is 10.9. The highest BCUT2D eigenvalue weighted by molar-refractivity contribution is 7.90. The van der Waals surface area contributed by atoms with E-state index in [9.17, 15) is 12.8 Å². The highest BCUT2D eigenvalue weighted by Gasteiger charge is 2.21. The normalized spacial score (nSPS) is 11.8. The molecule has 0 saturated heterocycles. The third-order valence-electron chi connectivity index (χ3n) is 5.17. The van der Waals surface area contributed by atoms with Crippen molar-refractivity contribution < 1.29 is 17.2 Å². The van der Waals surface area contributed by atoms with Crippen LogP contribution in [0.15, 0.2) is 53.6 Å². The Morgan fingerprint density at radius 2 is 1.78 bits per heavy atom. The molecule has 4 rings (SSSR count). The van der Waals surface area contributed by atoms with Crippen molar-refractivity contribution in [1.29, 1.82) is 0 Å². The molecule has 0 aliphatic heterocycles. The summed E-state index contributed by atoms with van der Waals surface area (Å²) in [4.78, 5) is 11.7. The number of pyridine rings is 1. The first-order valence-electron chi connectivity index (χ1n) is 9.79. The van der Waals surface area contributed by atoms with Crippen LogP contribution in [-0.2, 0) is 22.0 Å². The van der Waals surface area contributed by atoms with Crippen molar-refractivity contribution in [3.63, 3.8) is 0 Å². The number of nitrogens with zero attached hydrogens (tertiary/aromatic N) is 3. The number of rotatable bonds is 5. The standard InChI is InChI=1S/C23H18ClF2N3O2S/c1-3-16-21(25)18(10-14-11-27-23(26)29-22(14)16)17-9-8-15(28-13(17)2)12-32(30,31)20-7-5-4-6-19(20)24/h4-11H,3,12H2,1-2H3. The minimum Gasteiger partial charge on any atom is -0.256 e. The van der Waals surface area contributed by atoms with Crippen molar-refractivity contribution in [1.82, 2.24) is 15.0 Å². The molecule has 0 spiro atoms. The molecule has 2 aromatic heterocycles. The predicted molar refractivity (Wildman–Crippen MR) is 119 cm³/mol. The number of hydrogen-bond acceptors (Lipinski definition) is 5. The van der Waals surface area contributed by atoms with Crippen LogP contribution in [0.3, 0.4) is 0 Å². The lowest BCUT2D eigenvalue weighted by atomic mass is 9.97. The fourth-order valence-electron chi connectivity index (χ4n) is 3.67. The Labute approximate surface area is 189 Å². The predicted octanol–water partition coefficient (Wildman–Crippen LogP) is 5.47. The molecule has 9 heteroatoms. The highest BCUT2D eigenvalue weighted by Crippen LogP contribution is 2.33. The fourth-order valence-corrected chi connectivity index (χ4v) is 5.51. The minimum absolute atomic E-state index is 0.0330. The summed E-state index contributed by atoms with van der Waals surface area (Å²) in [6.07, 6.45) is 0.710. The van der Waals surface area contributed by atoms with Gasteiger partial charge >= 0.3 is 6.08 Å². The molecular formula is C23H18ClF2N3O2S. The van der Waals surface area contributed by atoms with Crippen LogP contribution in [0.1, 0.15) is 23.9 Å². The van der Waals surface area contributed by atoms with Crippen LogP contribution in [0.25, 0.3) is 22.0 Å². The van der Waals surface area contributed by atoms with Crippen molar-refractivity contribution in [2.75, 3.05) is 0 Å². The van der Waals surface area contributed by atoms with Crippen molar-refractivity contribution in [2.45, 2.75) is 30.9 Å². The van der Waals surface area contributed by atoms with E-state index in [1.807, 2.05) is 0 Å². The van der Waals surface area contributed by atoms with Crippen LogP contribution in [0.4, 0.5) is 8.78 Å². The molecule has 0 aliphatic rings. The Morgan fingerprint density at radius 1 is 1.03 bits per heavy atom. The average Bonchev–Trinajstić information content (AvgIpc) is 2.74. The lowest BCUT2D eigenvalue weighted by molar-refractivity contribution is 0.543. The number of halogens is 3. The Morgan fingerprint density at radius 3 is 2.47 bits per heavy atom. The molecular weight excluding hydrogens is 456 g/mol. The third kappa shape index (κ3) is 4.08. The maximum Gasteiger partial charge on any atom is 0.309 e. The van der Waals surface area contributed by atoms with Crippen molar-refractivity contribution in [3.8, 4) is 11.1 Å². The number of benzene rings is 2. The van der Waals surface area contributed by atoms with Gasteiger partial charge in [-0.25, -0.2) is 22.8 Å². The SMILES string of the molecule is CCc1c(F)c(-c2ccc(CS(=O)(=O)c3ccccc3Cl)nc2C)cc2cnc(F)nc12. The Kier molecular flexibility index (Phi) is 5.92. The van der Waals surface area contributed by atoms with Gasteiger partial charge in [-0.3, -0.25) is 4.98 Å². The van der Waals surface area contributed by atoms with Gasteiger partial charge in [0.2, 0.25) is 0 Å². The molecule has 4 aromatic rings. The first kappa shape index (κ1) is 22.2. The van der Waals surface area contributed by atoms with Gasteiger partial charge in [0.05, 0.1) is 26.9 Å². The molecule has 0 radical (unpaired) electrons. The van der Waals surface area contributed by atoms with Gasteiger partial charge in [0, 0.05) is 34.0 Å². The molecule has 0 N–H and O–H groups in total. The van der Waals surface area contributed by atoms with Gasteiger partial charge in [0.1, 0.15) is 5.82 Å². The van der Waals surface area contributed by atoms with Crippen LogP contribution < -0.4 is 0 Å². The maximum atomic E-state index is 15.3. The fraction of sp³-hybridized carbons (Fsp3) is 0.174. The monoisotopic (exact) mass is 473 g/mol. The summed E-state index contributed by atoms with van der Waals surface area (Å²) in [5.41, 5.74) is 2.06. The maximum absolute atomic E-state index is 15.3. The molecule has 0 unspecified atom stereocenters. The summed E-state index contributed by atoms with van der Waals surface area (Å²) >= 11 is 6.04. The van der Waals surface area contributed by atoms with Crippen LogP contribution in [0.5, 0.6) is 0 Å². The molecule has 32 heavy (non-hydrogen) atoms. The molecule has 0 fully saturated rings. The van der Waals surface area contributed by atoms with Crippen molar-refractivity contribution >= 4 is 32.3 Å². The summed E-state index contributed by atoms with van der Waals surface area (Å²) in [5.74, 6) is -0.856. The Bertz CT molecular complexity index is 1460. The third-order valence-corrected chi connectivity index (χ3v) is 7.32. The molecule has 0 atom stereocenters. The van der Waals surface area contributed by atoms with E-state index in [4.69, 9.17) is 11.6 Å². The van der Waals surface area contributed by atoms with Gasteiger partial charge < -0.3 is 0 Å². The second-order valence-corrected chi connectivity index (χ2v) is 9.64. The largest absolute Gasteiger partial charge is 0.309 e.